The molecule has 4 rings (SSSR count). The predicted octanol–water partition coefficient (Wildman–Crippen LogP) is 2.45. The lowest BCUT2D eigenvalue weighted by molar-refractivity contribution is 0.198. The molecule has 0 aliphatic carbocycles. The van der Waals surface area contributed by atoms with Gasteiger partial charge < -0.3 is 9.88 Å². The Labute approximate surface area is 132 Å². The van der Waals surface area contributed by atoms with Crippen LogP contribution in [0.3, 0.4) is 0 Å². The SMILES string of the molecule is c1cncc(-n2cccc2CN2CC[C@@]3(CCCNC3)C2)c1. The second-order valence-corrected chi connectivity index (χ2v) is 6.82. The Kier molecular flexibility index (Phi) is 3.72. The Hall–Kier alpha value is -1.65. The molecule has 0 saturated carbocycles. The summed E-state index contributed by atoms with van der Waals surface area (Å²) in [7, 11) is 0. The minimum atomic E-state index is 0.532. The number of likely N-dealkylation sites (tertiary alicyclic amines) is 1. The summed E-state index contributed by atoms with van der Waals surface area (Å²) in [5, 5.41) is 3.59. The fourth-order valence-electron chi connectivity index (χ4n) is 4.06. The van der Waals surface area contributed by atoms with E-state index in [0.29, 0.717) is 5.41 Å². The van der Waals surface area contributed by atoms with Crippen molar-refractivity contribution in [3.05, 3.63) is 48.5 Å². The minimum Gasteiger partial charge on any atom is -0.318 e. The average Bonchev–Trinajstić information content (AvgIpc) is 3.17. The molecule has 0 bridgehead atoms. The summed E-state index contributed by atoms with van der Waals surface area (Å²) < 4.78 is 2.26. The van der Waals surface area contributed by atoms with Crippen LogP contribution in [-0.2, 0) is 6.54 Å². The van der Waals surface area contributed by atoms with Crippen LogP contribution in [-0.4, -0.2) is 40.6 Å². The zero-order chi connectivity index (χ0) is 14.8. The topological polar surface area (TPSA) is 33.1 Å². The molecule has 0 unspecified atom stereocenters. The van der Waals surface area contributed by atoms with Gasteiger partial charge in [-0.25, -0.2) is 0 Å². The first-order valence-corrected chi connectivity index (χ1v) is 8.34. The molecule has 2 aromatic rings. The van der Waals surface area contributed by atoms with Crippen LogP contribution < -0.4 is 5.32 Å². The van der Waals surface area contributed by atoms with Crippen LogP contribution in [0.2, 0.25) is 0 Å². The number of hydrogen-bond donors (Lipinski definition) is 1. The highest BCUT2D eigenvalue weighted by Gasteiger charge is 2.38. The van der Waals surface area contributed by atoms with E-state index in [9.17, 15) is 0 Å². The molecule has 2 saturated heterocycles. The molecule has 4 heteroatoms. The van der Waals surface area contributed by atoms with Crippen molar-refractivity contribution >= 4 is 0 Å². The molecule has 4 heterocycles. The Morgan fingerprint density at radius 3 is 3.05 bits per heavy atom. The average molecular weight is 296 g/mol. The molecule has 1 spiro atoms. The van der Waals surface area contributed by atoms with Crippen molar-refractivity contribution < 1.29 is 0 Å². The van der Waals surface area contributed by atoms with Gasteiger partial charge in [0.2, 0.25) is 0 Å². The summed E-state index contributed by atoms with van der Waals surface area (Å²) >= 11 is 0. The molecule has 0 radical (unpaired) electrons. The third kappa shape index (κ3) is 2.69. The molecular formula is C18H24N4. The van der Waals surface area contributed by atoms with Gasteiger partial charge in [-0.3, -0.25) is 9.88 Å². The van der Waals surface area contributed by atoms with E-state index >= 15 is 0 Å². The Balaban J connectivity index is 1.48. The van der Waals surface area contributed by atoms with Crippen LogP contribution in [0.4, 0.5) is 0 Å². The molecule has 2 aliphatic heterocycles. The maximum Gasteiger partial charge on any atom is 0.0636 e. The molecule has 116 valence electrons. The van der Waals surface area contributed by atoms with Gasteiger partial charge in [0.25, 0.3) is 0 Å². The summed E-state index contributed by atoms with van der Waals surface area (Å²) in [4.78, 5) is 6.86. The van der Waals surface area contributed by atoms with Crippen molar-refractivity contribution in [2.45, 2.75) is 25.8 Å². The Bertz CT molecular complexity index is 613. The highest BCUT2D eigenvalue weighted by Crippen LogP contribution is 2.37. The van der Waals surface area contributed by atoms with Gasteiger partial charge in [-0.1, -0.05) is 0 Å². The van der Waals surface area contributed by atoms with E-state index in [4.69, 9.17) is 0 Å². The molecule has 1 N–H and O–H groups in total. The van der Waals surface area contributed by atoms with Crippen LogP contribution in [0.15, 0.2) is 42.9 Å². The molecule has 0 aromatic carbocycles. The quantitative estimate of drug-likeness (QED) is 0.944. The van der Waals surface area contributed by atoms with E-state index in [1.807, 2.05) is 18.5 Å². The largest absolute Gasteiger partial charge is 0.318 e. The number of rotatable bonds is 3. The van der Waals surface area contributed by atoms with Gasteiger partial charge in [0.15, 0.2) is 0 Å². The monoisotopic (exact) mass is 296 g/mol. The summed E-state index contributed by atoms with van der Waals surface area (Å²) in [5.41, 5.74) is 3.04. The fourth-order valence-corrected chi connectivity index (χ4v) is 4.06. The smallest absolute Gasteiger partial charge is 0.0636 e. The Morgan fingerprint density at radius 1 is 1.23 bits per heavy atom. The van der Waals surface area contributed by atoms with Crippen molar-refractivity contribution in [2.24, 2.45) is 5.41 Å². The predicted molar refractivity (Wildman–Crippen MR) is 88.0 cm³/mol. The molecule has 2 fully saturated rings. The molecule has 0 amide bonds. The molecule has 4 nitrogen and oxygen atoms in total. The summed E-state index contributed by atoms with van der Waals surface area (Å²) in [6.45, 7) is 5.89. The van der Waals surface area contributed by atoms with E-state index in [1.165, 1.54) is 51.1 Å². The summed E-state index contributed by atoms with van der Waals surface area (Å²) in [5.74, 6) is 0. The molecule has 1 atom stereocenters. The lowest BCUT2D eigenvalue weighted by atomic mass is 9.80. The standard InChI is InChI=1S/C18H24N4/c1-4-16(12-19-8-1)22-10-2-5-17(22)13-21-11-7-18(15-21)6-3-9-20-14-18/h1-2,4-5,8,10,12,20H,3,6-7,9,11,13-15H2/t18-/m1/s1. The van der Waals surface area contributed by atoms with Crippen LogP contribution in [0.25, 0.3) is 5.69 Å². The van der Waals surface area contributed by atoms with Crippen LogP contribution in [0.1, 0.15) is 25.0 Å². The van der Waals surface area contributed by atoms with E-state index in [-0.39, 0.29) is 0 Å². The van der Waals surface area contributed by atoms with Crippen molar-refractivity contribution in [3.8, 4) is 5.69 Å². The number of piperidine rings is 1. The number of hydrogen-bond acceptors (Lipinski definition) is 3. The third-order valence-corrected chi connectivity index (χ3v) is 5.22. The van der Waals surface area contributed by atoms with Crippen molar-refractivity contribution in [1.82, 2.24) is 19.8 Å². The van der Waals surface area contributed by atoms with Crippen molar-refractivity contribution in [2.75, 3.05) is 26.2 Å². The lowest BCUT2D eigenvalue weighted by Crippen LogP contribution is -2.41. The van der Waals surface area contributed by atoms with E-state index < -0.39 is 0 Å². The van der Waals surface area contributed by atoms with Gasteiger partial charge in [0.1, 0.15) is 0 Å². The Morgan fingerprint density at radius 2 is 2.23 bits per heavy atom. The van der Waals surface area contributed by atoms with E-state index in [1.54, 1.807) is 0 Å². The number of aromatic nitrogens is 2. The third-order valence-electron chi connectivity index (χ3n) is 5.22. The first kappa shape index (κ1) is 14.0. The summed E-state index contributed by atoms with van der Waals surface area (Å²) in [6, 6.07) is 8.48. The zero-order valence-electron chi connectivity index (χ0n) is 13.0. The minimum absolute atomic E-state index is 0.532. The van der Waals surface area contributed by atoms with Gasteiger partial charge >= 0.3 is 0 Å². The zero-order valence-corrected chi connectivity index (χ0v) is 13.0. The molecule has 22 heavy (non-hydrogen) atoms. The maximum atomic E-state index is 4.24. The van der Waals surface area contributed by atoms with Crippen LogP contribution in [0.5, 0.6) is 0 Å². The lowest BCUT2D eigenvalue weighted by Gasteiger charge is -2.34. The fraction of sp³-hybridized carbons (Fsp3) is 0.500. The van der Waals surface area contributed by atoms with Crippen LogP contribution >= 0.6 is 0 Å². The van der Waals surface area contributed by atoms with Gasteiger partial charge in [-0.05, 0) is 62.0 Å². The summed E-state index contributed by atoms with van der Waals surface area (Å²) in [6.07, 6.45) is 9.96. The molecule has 2 aromatic heterocycles. The van der Waals surface area contributed by atoms with Gasteiger partial charge in [0, 0.05) is 37.7 Å². The van der Waals surface area contributed by atoms with Gasteiger partial charge in [-0.15, -0.1) is 0 Å². The maximum absolute atomic E-state index is 4.24. The first-order valence-electron chi connectivity index (χ1n) is 8.34. The number of nitrogens with zero attached hydrogens (tertiary/aromatic N) is 3. The number of pyridine rings is 1. The van der Waals surface area contributed by atoms with E-state index in [0.717, 1.165) is 12.2 Å². The molecule has 2 aliphatic rings. The first-order chi connectivity index (χ1) is 10.8. The van der Waals surface area contributed by atoms with E-state index in [2.05, 4.69) is 44.2 Å². The highest BCUT2D eigenvalue weighted by atomic mass is 15.2. The van der Waals surface area contributed by atoms with Crippen molar-refractivity contribution in [3.63, 3.8) is 0 Å². The number of nitrogens with one attached hydrogen (secondary N) is 1. The second-order valence-electron chi connectivity index (χ2n) is 6.82. The van der Waals surface area contributed by atoms with Gasteiger partial charge in [0.05, 0.1) is 11.9 Å². The second kappa shape index (κ2) is 5.86. The van der Waals surface area contributed by atoms with Crippen LogP contribution in [0, 0.1) is 5.41 Å². The molecular weight excluding hydrogens is 272 g/mol. The van der Waals surface area contributed by atoms with Gasteiger partial charge in [-0.2, -0.15) is 0 Å². The van der Waals surface area contributed by atoms with Crippen molar-refractivity contribution in [1.29, 1.82) is 0 Å². The highest BCUT2D eigenvalue weighted by molar-refractivity contribution is 5.32. The normalized spacial score (nSPS) is 25.8.